The average Bonchev–Trinajstić information content (AvgIpc) is 3.08. The Morgan fingerprint density at radius 2 is 1.78 bits per heavy atom. The number of hydrogen-bond donors (Lipinski definition) is 0. The maximum absolute atomic E-state index is 12.9. The minimum Gasteiger partial charge on any atom is -0.380 e. The van der Waals surface area contributed by atoms with Gasteiger partial charge in [-0.2, -0.15) is 0 Å². The molecule has 0 aromatic rings. The van der Waals surface area contributed by atoms with Gasteiger partial charge in [0.2, 0.25) is 0 Å². The largest absolute Gasteiger partial charge is 0.380 e. The highest BCUT2D eigenvalue weighted by Crippen LogP contribution is 2.45. The van der Waals surface area contributed by atoms with Gasteiger partial charge in [-0.3, -0.25) is 9.80 Å². The molecule has 154 valence electrons. The Hall–Kier alpha value is -0.250. The van der Waals surface area contributed by atoms with Crippen LogP contribution in [0.4, 0.5) is 0 Å². The molecule has 0 saturated carbocycles. The Morgan fingerprint density at radius 3 is 2.37 bits per heavy atom. The van der Waals surface area contributed by atoms with Crippen LogP contribution in [-0.4, -0.2) is 119 Å². The first-order chi connectivity index (χ1) is 12.8. The lowest BCUT2D eigenvalue weighted by molar-refractivity contribution is -0.115. The number of nitrogens with zero attached hydrogens (tertiary/aromatic N) is 3. The fraction of sp³-hybridized carbons (Fsp3) is 1.00. The quantitative estimate of drug-likeness (QED) is 0.636. The highest BCUT2D eigenvalue weighted by Gasteiger charge is 2.55. The summed E-state index contributed by atoms with van der Waals surface area (Å²) in [7, 11) is 1.24. The Kier molecular flexibility index (Phi) is 4.43. The third-order valence-electron chi connectivity index (χ3n) is 7.85. The number of likely N-dealkylation sites (tertiary alicyclic amines) is 2. The van der Waals surface area contributed by atoms with Crippen molar-refractivity contribution < 1.29 is 17.9 Å². The van der Waals surface area contributed by atoms with Crippen LogP contribution in [0.25, 0.3) is 0 Å². The summed E-state index contributed by atoms with van der Waals surface area (Å²) in [6, 6.07) is 0.140. The first kappa shape index (κ1) is 18.8. The summed E-state index contributed by atoms with van der Waals surface area (Å²) in [5, 5.41) is -0.253. The molecule has 3 atom stereocenters. The summed E-state index contributed by atoms with van der Waals surface area (Å²) in [6.07, 6.45) is 2.15. The molecule has 5 aliphatic heterocycles. The minimum atomic E-state index is -3.02. The highest BCUT2D eigenvalue weighted by molar-refractivity contribution is 7.92. The van der Waals surface area contributed by atoms with E-state index in [1.165, 1.54) is 6.42 Å². The number of hydrogen-bond acceptors (Lipinski definition) is 7. The lowest BCUT2D eigenvalue weighted by Gasteiger charge is -2.43. The molecule has 7 nitrogen and oxygen atoms in total. The standard InChI is InChI=1S/C19H33N3O4S/c1-20-3-4-27(23,24)17(9-20)16-6-18(11-25-12-18)10-22(16)8-15-5-19(13-26-14-19)21(2)7-15/h15-17H,3-14H2,1-2H3. The lowest BCUT2D eigenvalue weighted by atomic mass is 9.83. The Balaban J connectivity index is 1.35. The van der Waals surface area contributed by atoms with Crippen molar-refractivity contribution in [2.24, 2.45) is 11.3 Å². The van der Waals surface area contributed by atoms with Gasteiger partial charge in [-0.15, -0.1) is 0 Å². The zero-order chi connectivity index (χ0) is 18.9. The van der Waals surface area contributed by atoms with Gasteiger partial charge >= 0.3 is 0 Å². The van der Waals surface area contributed by atoms with Crippen molar-refractivity contribution in [1.82, 2.24) is 14.7 Å². The van der Waals surface area contributed by atoms with Crippen LogP contribution in [0.3, 0.4) is 0 Å². The number of ether oxygens (including phenoxy) is 2. The fourth-order valence-electron chi connectivity index (χ4n) is 6.13. The van der Waals surface area contributed by atoms with Crippen LogP contribution in [0.15, 0.2) is 0 Å². The second-order valence-corrected chi connectivity index (χ2v) is 12.4. The van der Waals surface area contributed by atoms with Crippen molar-refractivity contribution in [1.29, 1.82) is 0 Å². The SMILES string of the molecule is CN1CCS(=O)(=O)C(C2CC3(COC3)CN2CC2CN(C)C3(COC3)C2)C1. The average molecular weight is 400 g/mol. The summed E-state index contributed by atoms with van der Waals surface area (Å²) < 4.78 is 36.9. The summed E-state index contributed by atoms with van der Waals surface area (Å²) in [4.78, 5) is 7.19. The van der Waals surface area contributed by atoms with Crippen LogP contribution >= 0.6 is 0 Å². The van der Waals surface area contributed by atoms with Crippen molar-refractivity contribution in [3.63, 3.8) is 0 Å². The third-order valence-corrected chi connectivity index (χ3v) is 9.99. The highest BCUT2D eigenvalue weighted by atomic mass is 32.2. The molecular formula is C19H33N3O4S. The fourth-order valence-corrected chi connectivity index (χ4v) is 8.23. The van der Waals surface area contributed by atoms with E-state index in [1.54, 1.807) is 0 Å². The zero-order valence-corrected chi connectivity index (χ0v) is 17.4. The van der Waals surface area contributed by atoms with Crippen LogP contribution in [0.2, 0.25) is 0 Å². The van der Waals surface area contributed by atoms with E-state index in [-0.39, 0.29) is 22.2 Å². The molecule has 5 rings (SSSR count). The van der Waals surface area contributed by atoms with Crippen molar-refractivity contribution >= 4 is 9.84 Å². The van der Waals surface area contributed by atoms with Crippen molar-refractivity contribution in [3.05, 3.63) is 0 Å². The van der Waals surface area contributed by atoms with Crippen LogP contribution in [-0.2, 0) is 19.3 Å². The van der Waals surface area contributed by atoms with E-state index in [0.717, 1.165) is 52.5 Å². The van der Waals surface area contributed by atoms with E-state index in [9.17, 15) is 8.42 Å². The molecule has 0 aromatic heterocycles. The molecule has 5 fully saturated rings. The molecule has 0 bridgehead atoms. The van der Waals surface area contributed by atoms with Gasteiger partial charge in [-0.1, -0.05) is 0 Å². The Morgan fingerprint density at radius 1 is 1.04 bits per heavy atom. The van der Waals surface area contributed by atoms with E-state index in [0.29, 0.717) is 24.8 Å². The molecule has 5 saturated heterocycles. The van der Waals surface area contributed by atoms with E-state index in [2.05, 4.69) is 28.8 Å². The van der Waals surface area contributed by atoms with E-state index >= 15 is 0 Å². The first-order valence-corrected chi connectivity index (χ1v) is 12.0. The maximum atomic E-state index is 12.9. The predicted molar refractivity (Wildman–Crippen MR) is 103 cm³/mol. The van der Waals surface area contributed by atoms with Gasteiger partial charge in [0.05, 0.1) is 43.0 Å². The molecule has 2 spiro atoms. The van der Waals surface area contributed by atoms with E-state index in [4.69, 9.17) is 9.47 Å². The van der Waals surface area contributed by atoms with Gasteiger partial charge in [0, 0.05) is 44.2 Å². The summed E-state index contributed by atoms with van der Waals surface area (Å²) in [5.41, 5.74) is 0.437. The Bertz CT molecular complexity index is 691. The summed E-state index contributed by atoms with van der Waals surface area (Å²) in [5.74, 6) is 0.899. The van der Waals surface area contributed by atoms with Gasteiger partial charge in [-0.25, -0.2) is 8.42 Å². The molecular weight excluding hydrogens is 366 g/mol. The monoisotopic (exact) mass is 399 g/mol. The van der Waals surface area contributed by atoms with Gasteiger partial charge in [0.25, 0.3) is 0 Å². The van der Waals surface area contributed by atoms with E-state index < -0.39 is 9.84 Å². The number of sulfone groups is 1. The lowest BCUT2D eigenvalue weighted by Crippen LogP contribution is -2.57. The maximum Gasteiger partial charge on any atom is 0.157 e. The van der Waals surface area contributed by atoms with Gasteiger partial charge < -0.3 is 14.4 Å². The number of rotatable bonds is 3. The minimum absolute atomic E-state index is 0.140. The van der Waals surface area contributed by atoms with Crippen LogP contribution in [0.1, 0.15) is 12.8 Å². The normalized spacial score (nSPS) is 41.0. The molecule has 27 heavy (non-hydrogen) atoms. The second kappa shape index (κ2) is 6.37. The molecule has 0 aromatic carbocycles. The van der Waals surface area contributed by atoms with E-state index in [1.807, 2.05) is 0 Å². The third kappa shape index (κ3) is 3.07. The van der Waals surface area contributed by atoms with Crippen molar-refractivity contribution in [3.8, 4) is 0 Å². The smallest absolute Gasteiger partial charge is 0.157 e. The first-order valence-electron chi connectivity index (χ1n) is 10.3. The topological polar surface area (TPSA) is 62.3 Å². The molecule has 0 N–H and O–H groups in total. The molecule has 5 heterocycles. The number of likely N-dealkylation sites (N-methyl/N-ethyl adjacent to an activating group) is 1. The molecule has 8 heteroatoms. The second-order valence-electron chi connectivity index (χ2n) is 10.0. The van der Waals surface area contributed by atoms with Crippen molar-refractivity contribution in [2.75, 3.05) is 79.0 Å². The van der Waals surface area contributed by atoms with Gasteiger partial charge in [0.1, 0.15) is 0 Å². The van der Waals surface area contributed by atoms with Crippen LogP contribution in [0, 0.1) is 11.3 Å². The summed E-state index contributed by atoms with van der Waals surface area (Å²) in [6.45, 7) is 7.72. The van der Waals surface area contributed by atoms with Crippen LogP contribution in [0.5, 0.6) is 0 Å². The van der Waals surface area contributed by atoms with Gasteiger partial charge in [0.15, 0.2) is 9.84 Å². The zero-order valence-electron chi connectivity index (χ0n) is 16.6. The Labute approximate surface area is 162 Å². The molecule has 0 amide bonds. The van der Waals surface area contributed by atoms with Crippen LogP contribution < -0.4 is 0 Å². The molecule has 3 unspecified atom stereocenters. The summed E-state index contributed by atoms with van der Waals surface area (Å²) >= 11 is 0. The molecule has 0 radical (unpaired) electrons. The molecule has 5 aliphatic rings. The van der Waals surface area contributed by atoms with Gasteiger partial charge in [-0.05, 0) is 32.9 Å². The predicted octanol–water partition coefficient (Wildman–Crippen LogP) is -0.473. The molecule has 0 aliphatic carbocycles. The van der Waals surface area contributed by atoms with Crippen molar-refractivity contribution in [2.45, 2.75) is 29.7 Å².